The number of aromatic nitrogens is 2. The molecule has 6 nitrogen and oxygen atoms in total. The van der Waals surface area contributed by atoms with Crippen molar-refractivity contribution in [3.05, 3.63) is 59.1 Å². The fraction of sp³-hybridized carbons (Fsp3) is 0.417. The topological polar surface area (TPSA) is 70.5 Å². The maximum atomic E-state index is 12.9. The molecule has 1 N–H and O–H groups in total. The molecular weight excluding hydrogens is 374 g/mol. The number of hydrogen-bond acceptors (Lipinski definition) is 5. The third-order valence-corrected chi connectivity index (χ3v) is 6.44. The Hall–Kier alpha value is -3.02. The minimum absolute atomic E-state index is 0.0384. The van der Waals surface area contributed by atoms with Crippen LogP contribution in [0.2, 0.25) is 0 Å². The van der Waals surface area contributed by atoms with Crippen molar-refractivity contribution < 1.29 is 4.79 Å². The molecule has 4 atom stereocenters. The molecule has 0 spiro atoms. The summed E-state index contributed by atoms with van der Waals surface area (Å²) in [4.78, 5) is 28.8. The standard InChI is InChI=1S/C24H27N5O/c1-14-5-4-6-15(11-14)12-19-26-18-9-10-25-22(18)23(27-19)28-21-17-8-7-16(13-17)20(21)24(30)29(2)3/h4-8,10-11,16-17,20-21H,9,12-13H2,1-3H3,(H,26,27,28). The van der Waals surface area contributed by atoms with Gasteiger partial charge >= 0.3 is 0 Å². The minimum Gasteiger partial charge on any atom is -0.364 e. The van der Waals surface area contributed by atoms with Gasteiger partial charge in [-0.1, -0.05) is 42.0 Å². The van der Waals surface area contributed by atoms with Crippen molar-refractivity contribution in [2.45, 2.75) is 32.2 Å². The molecule has 1 amide bonds. The van der Waals surface area contributed by atoms with Crippen molar-refractivity contribution in [1.29, 1.82) is 0 Å². The number of rotatable bonds is 5. The molecule has 2 bridgehead atoms. The summed E-state index contributed by atoms with van der Waals surface area (Å²) < 4.78 is 0. The van der Waals surface area contributed by atoms with E-state index in [1.54, 1.807) is 4.90 Å². The van der Waals surface area contributed by atoms with Crippen molar-refractivity contribution >= 4 is 23.6 Å². The predicted octanol–water partition coefficient (Wildman–Crippen LogP) is 3.33. The van der Waals surface area contributed by atoms with Crippen molar-refractivity contribution in [3.8, 4) is 0 Å². The maximum Gasteiger partial charge on any atom is 0.227 e. The Morgan fingerprint density at radius 1 is 1.20 bits per heavy atom. The van der Waals surface area contributed by atoms with Crippen molar-refractivity contribution in [2.75, 3.05) is 19.4 Å². The Bertz CT molecular complexity index is 1060. The van der Waals surface area contributed by atoms with Crippen LogP contribution in [0.1, 0.15) is 29.1 Å². The van der Waals surface area contributed by atoms with Crippen LogP contribution in [0.15, 0.2) is 41.4 Å². The number of allylic oxidation sites excluding steroid dienone is 1. The third kappa shape index (κ3) is 3.30. The molecule has 1 saturated carbocycles. The first kappa shape index (κ1) is 19.0. The highest BCUT2D eigenvalue weighted by Crippen LogP contribution is 2.46. The van der Waals surface area contributed by atoms with Crippen LogP contribution >= 0.6 is 0 Å². The van der Waals surface area contributed by atoms with E-state index < -0.39 is 0 Å². The van der Waals surface area contributed by atoms with Crippen LogP contribution in [0.3, 0.4) is 0 Å². The minimum atomic E-state index is -0.0637. The lowest BCUT2D eigenvalue weighted by molar-refractivity contribution is -0.133. The van der Waals surface area contributed by atoms with Gasteiger partial charge < -0.3 is 10.2 Å². The summed E-state index contributed by atoms with van der Waals surface area (Å²) in [7, 11) is 3.67. The van der Waals surface area contributed by atoms with Gasteiger partial charge in [0.05, 0.1) is 11.6 Å². The van der Waals surface area contributed by atoms with E-state index >= 15 is 0 Å². The fourth-order valence-corrected chi connectivity index (χ4v) is 5.05. The first-order valence-electron chi connectivity index (χ1n) is 10.6. The van der Waals surface area contributed by atoms with E-state index in [9.17, 15) is 4.79 Å². The van der Waals surface area contributed by atoms with Crippen LogP contribution in [0, 0.1) is 24.7 Å². The molecule has 0 radical (unpaired) electrons. The number of fused-ring (bicyclic) bond motifs is 3. The second-order valence-electron chi connectivity index (χ2n) is 8.84. The van der Waals surface area contributed by atoms with Gasteiger partial charge in [0.2, 0.25) is 5.91 Å². The molecule has 3 aliphatic rings. The zero-order valence-corrected chi connectivity index (χ0v) is 17.7. The number of hydrogen-bond donors (Lipinski definition) is 1. The lowest BCUT2D eigenvalue weighted by Crippen LogP contribution is -2.43. The highest BCUT2D eigenvalue weighted by molar-refractivity contribution is 5.83. The van der Waals surface area contributed by atoms with E-state index in [1.807, 2.05) is 20.3 Å². The average Bonchev–Trinajstić information content (AvgIpc) is 3.43. The highest BCUT2D eigenvalue weighted by atomic mass is 16.2. The first-order valence-corrected chi connectivity index (χ1v) is 10.6. The second-order valence-corrected chi connectivity index (χ2v) is 8.84. The summed E-state index contributed by atoms with van der Waals surface area (Å²) in [6.45, 7) is 2.10. The molecule has 1 aliphatic heterocycles. The summed E-state index contributed by atoms with van der Waals surface area (Å²) in [5.41, 5.74) is 4.22. The van der Waals surface area contributed by atoms with Gasteiger partial charge in [0, 0.05) is 39.2 Å². The summed E-state index contributed by atoms with van der Waals surface area (Å²) in [6.07, 6.45) is 8.78. The number of aliphatic imine (C=N–C) groups is 1. The van der Waals surface area contributed by atoms with Crippen LogP contribution in [0.5, 0.6) is 0 Å². The highest BCUT2D eigenvalue weighted by Gasteiger charge is 2.49. The van der Waals surface area contributed by atoms with E-state index in [2.05, 4.69) is 53.7 Å². The molecule has 2 heterocycles. The van der Waals surface area contributed by atoms with Crippen LogP contribution in [-0.4, -0.2) is 47.1 Å². The Morgan fingerprint density at radius 3 is 2.83 bits per heavy atom. The van der Waals surface area contributed by atoms with E-state index in [1.165, 1.54) is 11.1 Å². The number of carbonyl (C=O) groups is 1. The molecule has 30 heavy (non-hydrogen) atoms. The molecule has 5 rings (SSSR count). The maximum absolute atomic E-state index is 12.9. The molecule has 1 fully saturated rings. The Morgan fingerprint density at radius 2 is 2.03 bits per heavy atom. The number of amides is 1. The normalized spacial score (nSPS) is 25.6. The summed E-state index contributed by atoms with van der Waals surface area (Å²) >= 11 is 0. The lowest BCUT2D eigenvalue weighted by Gasteiger charge is -2.30. The Labute approximate surface area is 177 Å². The molecule has 1 aromatic heterocycles. The SMILES string of the molecule is Cc1cccc(Cc2nc3c(c(NC4C5C=CC(C5)C4C(=O)N(C)C)n2)N=CC3)c1. The number of benzene rings is 1. The first-order chi connectivity index (χ1) is 14.5. The van der Waals surface area contributed by atoms with Gasteiger partial charge in [0.1, 0.15) is 11.5 Å². The van der Waals surface area contributed by atoms with Gasteiger partial charge in [0.25, 0.3) is 0 Å². The van der Waals surface area contributed by atoms with E-state index in [-0.39, 0.29) is 17.9 Å². The smallest absolute Gasteiger partial charge is 0.227 e. The zero-order valence-electron chi connectivity index (χ0n) is 17.7. The molecule has 2 aliphatic carbocycles. The van der Waals surface area contributed by atoms with Gasteiger partial charge in [-0.3, -0.25) is 9.79 Å². The Balaban J connectivity index is 1.46. The number of aryl methyl sites for hydroxylation is 1. The Kier molecular flexibility index (Phi) is 4.65. The third-order valence-electron chi connectivity index (χ3n) is 6.44. The van der Waals surface area contributed by atoms with Gasteiger partial charge in [0.15, 0.2) is 5.82 Å². The van der Waals surface area contributed by atoms with Gasteiger partial charge in [-0.05, 0) is 30.7 Å². The number of carbonyl (C=O) groups excluding carboxylic acids is 1. The van der Waals surface area contributed by atoms with E-state index in [0.717, 1.165) is 35.9 Å². The quantitative estimate of drug-likeness (QED) is 0.781. The predicted molar refractivity (Wildman–Crippen MR) is 118 cm³/mol. The van der Waals surface area contributed by atoms with Crippen LogP contribution in [-0.2, 0) is 17.6 Å². The van der Waals surface area contributed by atoms with Crippen molar-refractivity contribution in [2.24, 2.45) is 22.7 Å². The zero-order chi connectivity index (χ0) is 20.8. The monoisotopic (exact) mass is 401 g/mol. The van der Waals surface area contributed by atoms with Gasteiger partial charge in [-0.2, -0.15) is 0 Å². The molecule has 4 unspecified atom stereocenters. The summed E-state index contributed by atoms with van der Waals surface area (Å²) in [5, 5.41) is 3.63. The molecule has 0 saturated heterocycles. The van der Waals surface area contributed by atoms with Crippen LogP contribution < -0.4 is 5.32 Å². The second kappa shape index (κ2) is 7.35. The van der Waals surface area contributed by atoms with Gasteiger partial charge in [-0.25, -0.2) is 9.97 Å². The summed E-state index contributed by atoms with van der Waals surface area (Å²) in [6, 6.07) is 8.49. The average molecular weight is 402 g/mol. The number of nitrogens with one attached hydrogen (secondary N) is 1. The van der Waals surface area contributed by atoms with E-state index in [0.29, 0.717) is 18.3 Å². The van der Waals surface area contributed by atoms with Crippen molar-refractivity contribution in [3.63, 3.8) is 0 Å². The van der Waals surface area contributed by atoms with Gasteiger partial charge in [-0.15, -0.1) is 0 Å². The molecule has 1 aromatic carbocycles. The van der Waals surface area contributed by atoms with E-state index in [4.69, 9.17) is 9.97 Å². The molecule has 154 valence electrons. The largest absolute Gasteiger partial charge is 0.364 e. The lowest BCUT2D eigenvalue weighted by atomic mass is 9.87. The fourth-order valence-electron chi connectivity index (χ4n) is 5.05. The number of nitrogens with zero attached hydrogens (tertiary/aromatic N) is 4. The van der Waals surface area contributed by atoms with Crippen LogP contribution in [0.4, 0.5) is 11.5 Å². The number of anilines is 1. The molecular formula is C24H27N5O. The summed E-state index contributed by atoms with van der Waals surface area (Å²) in [5.74, 6) is 2.32. The molecule has 2 aromatic rings. The van der Waals surface area contributed by atoms with Crippen molar-refractivity contribution in [1.82, 2.24) is 14.9 Å². The van der Waals surface area contributed by atoms with Crippen LogP contribution in [0.25, 0.3) is 0 Å². The molecule has 6 heteroatoms.